The molecule has 0 atom stereocenters. The fraction of sp³-hybridized carbons (Fsp3) is 0.893. The van der Waals surface area contributed by atoms with Crippen LogP contribution in [0.5, 0.6) is 0 Å². The van der Waals surface area contributed by atoms with E-state index in [1.54, 1.807) is 6.92 Å². The average molecular weight is 471 g/mol. The Morgan fingerprint density at radius 2 is 0.697 bits per heavy atom. The fourth-order valence-electron chi connectivity index (χ4n) is 3.34. The van der Waals surface area contributed by atoms with Gasteiger partial charge in [-0.15, -0.1) is 0 Å². The maximum Gasteiger partial charge on any atom is 0.355 e. The zero-order chi connectivity index (χ0) is 25.0. The Labute approximate surface area is 204 Å². The van der Waals surface area contributed by atoms with Crippen molar-refractivity contribution in [3.63, 3.8) is 0 Å². The van der Waals surface area contributed by atoms with E-state index in [1.165, 1.54) is 77.0 Å². The predicted molar refractivity (Wildman–Crippen MR) is 137 cm³/mol. The van der Waals surface area contributed by atoms with Crippen molar-refractivity contribution in [2.75, 3.05) is 0 Å². The molecule has 0 amide bonds. The number of rotatable bonds is 21. The first kappa shape index (κ1) is 33.8. The highest BCUT2D eigenvalue weighted by Gasteiger charge is 2.09. The van der Waals surface area contributed by atoms with Crippen LogP contribution in [-0.2, 0) is 24.2 Å². The summed E-state index contributed by atoms with van der Waals surface area (Å²) in [6, 6.07) is 0. The van der Waals surface area contributed by atoms with Crippen molar-refractivity contribution in [3.05, 3.63) is 0 Å². The third-order valence-corrected chi connectivity index (χ3v) is 5.69. The van der Waals surface area contributed by atoms with E-state index in [2.05, 4.69) is 23.6 Å². The van der Waals surface area contributed by atoms with E-state index in [0.717, 1.165) is 38.5 Å². The summed E-state index contributed by atoms with van der Waals surface area (Å²) < 4.78 is 0. The van der Waals surface area contributed by atoms with Gasteiger partial charge >= 0.3 is 11.9 Å². The molecule has 0 unspecified atom stereocenters. The van der Waals surface area contributed by atoms with Gasteiger partial charge in [0.2, 0.25) is 0 Å². The Hall–Kier alpha value is -1.39. The largest absolute Gasteiger partial charge is 0.355 e. The van der Waals surface area contributed by atoms with Crippen molar-refractivity contribution >= 4 is 17.7 Å². The number of unbranched alkanes of at least 4 members (excludes halogenated alkanes) is 16. The van der Waals surface area contributed by atoms with Gasteiger partial charge in [0.1, 0.15) is 5.78 Å². The molecule has 0 aliphatic carbocycles. The second kappa shape index (κ2) is 28.6. The maximum atomic E-state index is 11.6. The van der Waals surface area contributed by atoms with Gasteiger partial charge in [0.25, 0.3) is 0 Å². The minimum absolute atomic E-state index is 0.255. The molecule has 0 N–H and O–H groups in total. The molecule has 0 aliphatic heterocycles. The maximum absolute atomic E-state index is 11.6. The summed E-state index contributed by atoms with van der Waals surface area (Å²) >= 11 is 0. The van der Waals surface area contributed by atoms with Gasteiger partial charge in [-0.1, -0.05) is 124 Å². The van der Waals surface area contributed by atoms with Crippen LogP contribution in [-0.4, -0.2) is 17.7 Å². The van der Waals surface area contributed by atoms with E-state index in [0.29, 0.717) is 19.3 Å². The molecule has 0 aliphatic rings. The molecule has 0 saturated carbocycles. The summed E-state index contributed by atoms with van der Waals surface area (Å²) in [7, 11) is 0. The second-order valence-electron chi connectivity index (χ2n) is 9.12. The van der Waals surface area contributed by atoms with Gasteiger partial charge in [-0.3, -0.25) is 0 Å². The molecular formula is C28H54O5. The van der Waals surface area contributed by atoms with Crippen LogP contribution in [0.3, 0.4) is 0 Å². The van der Waals surface area contributed by atoms with Crippen LogP contribution >= 0.6 is 0 Å². The number of carbonyl (C=O) groups is 3. The summed E-state index contributed by atoms with van der Waals surface area (Å²) in [5.74, 6) is -0.600. The Morgan fingerprint density at radius 1 is 0.455 bits per heavy atom. The number of ketones is 1. The average Bonchev–Trinajstić information content (AvgIpc) is 2.81. The summed E-state index contributed by atoms with van der Waals surface area (Å²) in [6.07, 6.45) is 23.0. The highest BCUT2D eigenvalue weighted by Crippen LogP contribution is 2.12. The lowest BCUT2D eigenvalue weighted by Gasteiger charge is -2.04. The molecule has 196 valence electrons. The first-order valence-electron chi connectivity index (χ1n) is 13.9. The SMILES string of the molecule is CCC(C)=O.CCCCCCCCCCCC(=O)OOC(=O)CCCCCCCCCCC. The zero-order valence-electron chi connectivity index (χ0n) is 22.4. The van der Waals surface area contributed by atoms with Gasteiger partial charge in [-0.05, 0) is 19.8 Å². The highest BCUT2D eigenvalue weighted by molar-refractivity contribution is 5.75. The zero-order valence-corrected chi connectivity index (χ0v) is 22.4. The predicted octanol–water partition coefficient (Wildman–Crippen LogP) is 8.82. The van der Waals surface area contributed by atoms with Gasteiger partial charge in [0, 0.05) is 6.42 Å². The molecule has 0 aromatic rings. The van der Waals surface area contributed by atoms with E-state index in [4.69, 9.17) is 0 Å². The molecule has 5 nitrogen and oxygen atoms in total. The molecule has 0 aromatic heterocycles. The van der Waals surface area contributed by atoms with Crippen molar-refractivity contribution in [1.82, 2.24) is 0 Å². The van der Waals surface area contributed by atoms with Gasteiger partial charge < -0.3 is 4.79 Å². The van der Waals surface area contributed by atoms with E-state index in [1.807, 2.05) is 6.92 Å². The van der Waals surface area contributed by atoms with E-state index in [-0.39, 0.29) is 5.78 Å². The lowest BCUT2D eigenvalue weighted by molar-refractivity contribution is -0.259. The Bertz CT molecular complexity index is 414. The van der Waals surface area contributed by atoms with Gasteiger partial charge in [0.15, 0.2) is 0 Å². The normalized spacial score (nSPS) is 10.3. The first-order chi connectivity index (χ1) is 16.0. The molecule has 5 heteroatoms. The van der Waals surface area contributed by atoms with Crippen LogP contribution in [0.15, 0.2) is 0 Å². The van der Waals surface area contributed by atoms with Crippen LogP contribution in [0.2, 0.25) is 0 Å². The smallest absolute Gasteiger partial charge is 0.300 e. The fourth-order valence-corrected chi connectivity index (χ4v) is 3.34. The van der Waals surface area contributed by atoms with Crippen molar-refractivity contribution < 1.29 is 24.2 Å². The van der Waals surface area contributed by atoms with E-state index >= 15 is 0 Å². The molecule has 0 saturated heterocycles. The first-order valence-corrected chi connectivity index (χ1v) is 13.9. The monoisotopic (exact) mass is 470 g/mol. The number of carbonyl (C=O) groups excluding carboxylic acids is 3. The summed E-state index contributed by atoms with van der Waals surface area (Å²) in [5.41, 5.74) is 0. The minimum Gasteiger partial charge on any atom is -0.300 e. The van der Waals surface area contributed by atoms with Gasteiger partial charge in [-0.25, -0.2) is 19.4 Å². The molecule has 0 fully saturated rings. The lowest BCUT2D eigenvalue weighted by Crippen LogP contribution is -2.11. The molecular weight excluding hydrogens is 416 g/mol. The van der Waals surface area contributed by atoms with E-state index < -0.39 is 11.9 Å². The molecule has 0 heterocycles. The van der Waals surface area contributed by atoms with Gasteiger partial charge in [0.05, 0.1) is 12.8 Å². The van der Waals surface area contributed by atoms with Crippen LogP contribution in [0, 0.1) is 0 Å². The molecule has 0 bridgehead atoms. The van der Waals surface area contributed by atoms with Crippen LogP contribution in [0.25, 0.3) is 0 Å². The topological polar surface area (TPSA) is 69.7 Å². The standard InChI is InChI=1S/C24H46O4.C4H8O/c1-3-5-7-9-11-13-15-17-19-21-23(25)27-28-24(26)22-20-18-16-14-12-10-8-6-4-2;1-3-4(2)5/h3-22H2,1-2H3;3H2,1-2H3. The Balaban J connectivity index is 0. The number of hydrogen-bond donors (Lipinski definition) is 0. The third-order valence-electron chi connectivity index (χ3n) is 5.69. The molecule has 0 radical (unpaired) electrons. The Kier molecular flexibility index (Phi) is 29.3. The van der Waals surface area contributed by atoms with Crippen LogP contribution in [0.1, 0.15) is 163 Å². The van der Waals surface area contributed by atoms with Crippen molar-refractivity contribution in [2.24, 2.45) is 0 Å². The van der Waals surface area contributed by atoms with Crippen LogP contribution in [0.4, 0.5) is 0 Å². The molecule has 0 spiro atoms. The van der Waals surface area contributed by atoms with Crippen molar-refractivity contribution in [1.29, 1.82) is 0 Å². The van der Waals surface area contributed by atoms with Gasteiger partial charge in [-0.2, -0.15) is 0 Å². The van der Waals surface area contributed by atoms with Crippen molar-refractivity contribution in [2.45, 2.75) is 163 Å². The molecule has 0 aromatic carbocycles. The lowest BCUT2D eigenvalue weighted by atomic mass is 10.1. The number of hydrogen-bond acceptors (Lipinski definition) is 5. The van der Waals surface area contributed by atoms with Crippen molar-refractivity contribution in [3.8, 4) is 0 Å². The van der Waals surface area contributed by atoms with E-state index in [9.17, 15) is 14.4 Å². The summed E-state index contributed by atoms with van der Waals surface area (Å²) in [4.78, 5) is 42.2. The molecule has 0 rings (SSSR count). The third kappa shape index (κ3) is 32.9. The number of Topliss-reactive ketones (excluding diaryl/α,β-unsaturated/α-hetero) is 1. The highest BCUT2D eigenvalue weighted by atomic mass is 17.2. The quantitative estimate of drug-likeness (QED) is 0.0952. The minimum atomic E-state index is -0.427. The summed E-state index contributed by atoms with van der Waals surface area (Å²) in [6.45, 7) is 7.89. The second-order valence-corrected chi connectivity index (χ2v) is 9.12. The summed E-state index contributed by atoms with van der Waals surface area (Å²) in [5, 5.41) is 0. The van der Waals surface area contributed by atoms with Crippen LogP contribution < -0.4 is 0 Å². The molecule has 33 heavy (non-hydrogen) atoms. The Morgan fingerprint density at radius 3 is 0.939 bits per heavy atom.